The minimum Gasteiger partial charge on any atom is -0.391 e. The summed E-state index contributed by atoms with van der Waals surface area (Å²) in [7, 11) is 1.44. The molecule has 0 saturated carbocycles. The van der Waals surface area contributed by atoms with E-state index in [0.717, 1.165) is 42.1 Å². The molecule has 0 aromatic heterocycles. The van der Waals surface area contributed by atoms with E-state index in [1.807, 2.05) is 65.0 Å². The van der Waals surface area contributed by atoms with Crippen molar-refractivity contribution in [2.24, 2.45) is 17.8 Å². The van der Waals surface area contributed by atoms with Crippen LogP contribution in [-0.4, -0.2) is 112 Å². The van der Waals surface area contributed by atoms with E-state index >= 15 is 0 Å². The predicted molar refractivity (Wildman–Crippen MR) is 213 cm³/mol. The van der Waals surface area contributed by atoms with Gasteiger partial charge in [-0.15, -0.1) is 0 Å². The highest BCUT2D eigenvalue weighted by molar-refractivity contribution is 7.92. The number of hydrogen-bond donors (Lipinski definition) is 4. The Hall–Kier alpha value is -4.01. The molecule has 300 valence electrons. The third-order valence-electron chi connectivity index (χ3n) is 10.3. The highest BCUT2D eigenvalue weighted by atomic mass is 32.2. The Morgan fingerprint density at radius 3 is 1.93 bits per heavy atom. The van der Waals surface area contributed by atoms with Crippen molar-refractivity contribution in [1.82, 2.24) is 25.8 Å². The lowest BCUT2D eigenvalue weighted by Crippen LogP contribution is -2.55. The van der Waals surface area contributed by atoms with Crippen LogP contribution in [0.3, 0.4) is 0 Å². The van der Waals surface area contributed by atoms with Crippen LogP contribution in [0.5, 0.6) is 0 Å². The second kappa shape index (κ2) is 19.5. The molecule has 54 heavy (non-hydrogen) atoms. The van der Waals surface area contributed by atoms with E-state index in [1.165, 1.54) is 25.2 Å². The molecule has 1 aliphatic rings. The quantitative estimate of drug-likeness (QED) is 0.189. The van der Waals surface area contributed by atoms with Crippen molar-refractivity contribution in [3.8, 4) is 0 Å². The number of likely N-dealkylation sites (N-methyl/N-ethyl adjacent to an activating group) is 1. The number of aliphatic hydroxyl groups excluding tert-OH is 1. The minimum absolute atomic E-state index is 0.00912. The van der Waals surface area contributed by atoms with Crippen molar-refractivity contribution in [2.75, 3.05) is 44.8 Å². The maximum absolute atomic E-state index is 13.9. The number of likely N-dealkylation sites (tertiary alicyclic amines) is 1. The van der Waals surface area contributed by atoms with Crippen LogP contribution in [0.1, 0.15) is 99.5 Å². The van der Waals surface area contributed by atoms with Gasteiger partial charge in [-0.2, -0.15) is 0 Å². The number of aliphatic hydroxyl groups is 1. The Morgan fingerprint density at radius 1 is 0.852 bits per heavy atom. The largest absolute Gasteiger partial charge is 0.391 e. The highest BCUT2D eigenvalue weighted by Gasteiger charge is 2.34. The molecule has 1 fully saturated rings. The number of anilines is 1. The number of carbonyl (C=O) groups excluding carboxylic acids is 4. The van der Waals surface area contributed by atoms with Gasteiger partial charge < -0.3 is 30.9 Å². The van der Waals surface area contributed by atoms with Crippen LogP contribution in [0.25, 0.3) is 0 Å². The normalized spacial score (nSPS) is 16.9. The summed E-state index contributed by atoms with van der Waals surface area (Å²) in [6.07, 6.45) is 2.00. The Bertz CT molecular complexity index is 1700. The van der Waals surface area contributed by atoms with Crippen LogP contribution in [-0.2, 0) is 19.6 Å². The molecular formula is C40H62N6O7S. The van der Waals surface area contributed by atoms with Gasteiger partial charge in [0.25, 0.3) is 11.8 Å². The number of rotatable bonds is 17. The first-order valence-corrected chi connectivity index (χ1v) is 20.7. The van der Waals surface area contributed by atoms with Crippen LogP contribution < -0.4 is 20.3 Å². The predicted octanol–water partition coefficient (Wildman–Crippen LogP) is 3.80. The zero-order chi connectivity index (χ0) is 40.5. The van der Waals surface area contributed by atoms with Crippen molar-refractivity contribution in [3.05, 3.63) is 65.2 Å². The topological polar surface area (TPSA) is 168 Å². The molecule has 3 rings (SSSR count). The molecule has 2 aromatic carbocycles. The standard InChI is InChI=1S/C40H62N6O7S/c1-25(2)20-34(35(47)21-27(5)37(48)43-36(26(3)4)40(51)45(8)32-16-18-44(7)19-17-32)42-39(50)31-22-30(23-33(24-31)46(9)54(10,52)53)38(49)41-28(6)29-14-12-11-13-15-29/h11-15,22-28,32,34-36,47H,16-21H2,1-10H3,(H,41,49)(H,42,50)(H,43,48). The minimum atomic E-state index is -3.75. The highest BCUT2D eigenvalue weighted by Crippen LogP contribution is 2.24. The van der Waals surface area contributed by atoms with Crippen LogP contribution in [0.2, 0.25) is 0 Å². The maximum Gasteiger partial charge on any atom is 0.251 e. The van der Waals surface area contributed by atoms with Gasteiger partial charge in [-0.05, 0) is 88.3 Å². The summed E-state index contributed by atoms with van der Waals surface area (Å²) in [5.41, 5.74) is 1.09. The van der Waals surface area contributed by atoms with Crippen molar-refractivity contribution in [1.29, 1.82) is 0 Å². The summed E-state index contributed by atoms with van der Waals surface area (Å²) < 4.78 is 26.0. The first-order valence-electron chi connectivity index (χ1n) is 18.9. The number of sulfonamides is 1. The van der Waals surface area contributed by atoms with Crippen LogP contribution in [0, 0.1) is 17.8 Å². The number of piperidine rings is 1. The van der Waals surface area contributed by atoms with Crippen LogP contribution in [0.4, 0.5) is 5.69 Å². The van der Waals surface area contributed by atoms with Gasteiger partial charge in [0.2, 0.25) is 21.8 Å². The molecule has 0 spiro atoms. The smallest absolute Gasteiger partial charge is 0.251 e. The number of nitrogens with zero attached hydrogens (tertiary/aromatic N) is 3. The van der Waals surface area contributed by atoms with Crippen LogP contribution >= 0.6 is 0 Å². The molecule has 13 nitrogen and oxygen atoms in total. The van der Waals surface area contributed by atoms with E-state index in [2.05, 4.69) is 27.9 Å². The third-order valence-corrected chi connectivity index (χ3v) is 11.5. The van der Waals surface area contributed by atoms with Crippen molar-refractivity contribution >= 4 is 39.3 Å². The number of amides is 4. The van der Waals surface area contributed by atoms with E-state index in [9.17, 15) is 32.7 Å². The van der Waals surface area contributed by atoms with Crippen LogP contribution in [0.15, 0.2) is 48.5 Å². The van der Waals surface area contributed by atoms with E-state index in [4.69, 9.17) is 0 Å². The van der Waals surface area contributed by atoms with Gasteiger partial charge in [0.05, 0.1) is 30.1 Å². The third kappa shape index (κ3) is 12.5. The first-order chi connectivity index (χ1) is 25.2. The number of carbonyl (C=O) groups is 4. The molecule has 0 aliphatic carbocycles. The number of benzene rings is 2. The molecule has 0 radical (unpaired) electrons. The zero-order valence-electron chi connectivity index (χ0n) is 33.6. The molecule has 1 heterocycles. The lowest BCUT2D eigenvalue weighted by Gasteiger charge is -2.37. The second-order valence-corrected chi connectivity index (χ2v) is 17.7. The summed E-state index contributed by atoms with van der Waals surface area (Å²) in [6, 6.07) is 11.7. The van der Waals surface area contributed by atoms with Gasteiger partial charge in [-0.3, -0.25) is 23.5 Å². The van der Waals surface area contributed by atoms with Gasteiger partial charge in [-0.1, -0.05) is 65.0 Å². The van der Waals surface area contributed by atoms with E-state index in [-0.39, 0.29) is 59.0 Å². The second-order valence-electron chi connectivity index (χ2n) is 15.7. The van der Waals surface area contributed by atoms with E-state index in [0.29, 0.717) is 6.42 Å². The first kappa shape index (κ1) is 44.4. The van der Waals surface area contributed by atoms with Crippen molar-refractivity contribution in [3.63, 3.8) is 0 Å². The molecular weight excluding hydrogens is 709 g/mol. The fourth-order valence-electron chi connectivity index (χ4n) is 6.65. The zero-order valence-corrected chi connectivity index (χ0v) is 34.4. The van der Waals surface area contributed by atoms with Crippen molar-refractivity contribution < 1.29 is 32.7 Å². The number of nitrogens with one attached hydrogen (secondary N) is 3. The Balaban J connectivity index is 1.79. The molecule has 4 N–H and O–H groups in total. The average Bonchev–Trinajstić information content (AvgIpc) is 3.12. The summed E-state index contributed by atoms with van der Waals surface area (Å²) in [6.45, 7) is 13.0. The van der Waals surface area contributed by atoms with Gasteiger partial charge >= 0.3 is 0 Å². The van der Waals surface area contributed by atoms with Gasteiger partial charge in [0, 0.05) is 37.2 Å². The van der Waals surface area contributed by atoms with Gasteiger partial charge in [0.1, 0.15) is 6.04 Å². The van der Waals surface area contributed by atoms with Gasteiger partial charge in [0.15, 0.2) is 0 Å². The monoisotopic (exact) mass is 770 g/mol. The molecule has 5 atom stereocenters. The SMILES string of the molecule is CC(C)CC(NC(=O)c1cc(C(=O)NC(C)c2ccccc2)cc(N(C)S(C)(=O)=O)c1)C(O)CC(C)C(=O)NC(C(=O)N(C)C1CCN(C)CC1)C(C)C. The molecule has 4 amide bonds. The average molecular weight is 771 g/mol. The molecule has 5 unspecified atom stereocenters. The molecule has 1 saturated heterocycles. The fraction of sp³-hybridized carbons (Fsp3) is 0.600. The molecule has 0 bridgehead atoms. The summed E-state index contributed by atoms with van der Waals surface area (Å²) in [4.78, 5) is 58.4. The Kier molecular flexibility index (Phi) is 16.1. The van der Waals surface area contributed by atoms with E-state index in [1.54, 1.807) is 18.9 Å². The number of hydrogen-bond acceptors (Lipinski definition) is 8. The Morgan fingerprint density at radius 2 is 1.41 bits per heavy atom. The fourth-order valence-corrected chi connectivity index (χ4v) is 7.14. The maximum atomic E-state index is 13.9. The Labute approximate surface area is 322 Å². The lowest BCUT2D eigenvalue weighted by molar-refractivity contribution is -0.140. The van der Waals surface area contributed by atoms with E-state index < -0.39 is 45.9 Å². The summed E-state index contributed by atoms with van der Waals surface area (Å²) >= 11 is 0. The molecule has 1 aliphatic heterocycles. The summed E-state index contributed by atoms with van der Waals surface area (Å²) in [5.74, 6) is -2.43. The molecule has 2 aromatic rings. The van der Waals surface area contributed by atoms with Crippen molar-refractivity contribution in [2.45, 2.75) is 97.5 Å². The van der Waals surface area contributed by atoms with Gasteiger partial charge in [-0.25, -0.2) is 8.42 Å². The summed E-state index contributed by atoms with van der Waals surface area (Å²) in [5, 5.41) is 20.2. The lowest BCUT2D eigenvalue weighted by atomic mass is 9.91. The molecule has 14 heteroatoms.